The van der Waals surface area contributed by atoms with E-state index in [2.05, 4.69) is 15.7 Å². The normalized spacial score (nSPS) is 26.7. The van der Waals surface area contributed by atoms with Gasteiger partial charge in [0.15, 0.2) is 5.69 Å². The molecule has 1 aromatic heterocycles. The SMILES string of the molecule is CCCNC(=O)c1nn(CC)cc1NC(=O)[C@H]1[C@H]2CC[C@@H](C2)[C@H]1C(=O)O. The number of aryl methyl sites for hydroxylation is 1. The first kappa shape index (κ1) is 18.4. The average molecular weight is 362 g/mol. The Hall–Kier alpha value is -2.38. The van der Waals surface area contributed by atoms with Crippen LogP contribution in [-0.4, -0.2) is 39.2 Å². The second-order valence-electron chi connectivity index (χ2n) is 7.22. The summed E-state index contributed by atoms with van der Waals surface area (Å²) in [6, 6.07) is 0. The molecule has 2 amide bonds. The summed E-state index contributed by atoms with van der Waals surface area (Å²) in [4.78, 5) is 36.8. The summed E-state index contributed by atoms with van der Waals surface area (Å²) < 4.78 is 1.59. The quantitative estimate of drug-likeness (QED) is 0.683. The first-order valence-corrected chi connectivity index (χ1v) is 9.35. The van der Waals surface area contributed by atoms with Gasteiger partial charge in [-0.05, 0) is 44.4 Å². The highest BCUT2D eigenvalue weighted by atomic mass is 16.4. The van der Waals surface area contributed by atoms with E-state index in [1.54, 1.807) is 10.9 Å². The summed E-state index contributed by atoms with van der Waals surface area (Å²) in [5, 5.41) is 19.3. The predicted octanol–water partition coefficient (Wildman–Crippen LogP) is 1.73. The molecule has 8 nitrogen and oxygen atoms in total. The van der Waals surface area contributed by atoms with Crippen LogP contribution in [0.1, 0.15) is 50.0 Å². The molecule has 8 heteroatoms. The van der Waals surface area contributed by atoms with Gasteiger partial charge in [-0.2, -0.15) is 5.10 Å². The molecule has 2 aliphatic carbocycles. The number of fused-ring (bicyclic) bond motifs is 2. The van der Waals surface area contributed by atoms with E-state index in [-0.39, 0.29) is 29.3 Å². The standard InChI is InChI=1S/C18H26N4O4/c1-3-7-19-17(24)15-12(9-22(4-2)21-15)20-16(23)13-10-5-6-11(8-10)14(13)18(25)26/h9-11,13-14H,3-8H2,1-2H3,(H,19,24)(H,20,23)(H,25,26)/t10-,11-,13-,14+/m0/s1. The van der Waals surface area contributed by atoms with E-state index in [0.29, 0.717) is 18.8 Å². The molecule has 0 saturated heterocycles. The van der Waals surface area contributed by atoms with Gasteiger partial charge in [0.05, 0.1) is 17.5 Å². The topological polar surface area (TPSA) is 113 Å². The number of rotatable bonds is 7. The Morgan fingerprint density at radius 3 is 2.54 bits per heavy atom. The van der Waals surface area contributed by atoms with Crippen molar-refractivity contribution in [3.05, 3.63) is 11.9 Å². The largest absolute Gasteiger partial charge is 0.481 e. The number of hydrogen-bond donors (Lipinski definition) is 3. The minimum Gasteiger partial charge on any atom is -0.481 e. The molecule has 142 valence electrons. The Balaban J connectivity index is 1.79. The van der Waals surface area contributed by atoms with Crippen LogP contribution in [0.5, 0.6) is 0 Å². The number of nitrogens with zero attached hydrogens (tertiary/aromatic N) is 2. The van der Waals surface area contributed by atoms with Crippen molar-refractivity contribution in [2.45, 2.75) is 46.1 Å². The smallest absolute Gasteiger partial charge is 0.307 e. The van der Waals surface area contributed by atoms with Crippen LogP contribution in [0.15, 0.2) is 6.20 Å². The lowest BCUT2D eigenvalue weighted by molar-refractivity contribution is -0.148. The Kier molecular flexibility index (Phi) is 5.29. The highest BCUT2D eigenvalue weighted by molar-refractivity contribution is 6.03. The summed E-state index contributed by atoms with van der Waals surface area (Å²) in [6.07, 6.45) is 5.00. The first-order chi connectivity index (χ1) is 12.5. The molecule has 2 fully saturated rings. The van der Waals surface area contributed by atoms with Crippen molar-refractivity contribution >= 4 is 23.5 Å². The molecule has 2 saturated carbocycles. The van der Waals surface area contributed by atoms with Crippen molar-refractivity contribution in [2.75, 3.05) is 11.9 Å². The molecular formula is C18H26N4O4. The van der Waals surface area contributed by atoms with Gasteiger partial charge in [0.25, 0.3) is 5.91 Å². The van der Waals surface area contributed by atoms with E-state index in [1.807, 2.05) is 13.8 Å². The number of carboxylic acids is 1. The van der Waals surface area contributed by atoms with Gasteiger partial charge < -0.3 is 15.7 Å². The van der Waals surface area contributed by atoms with Crippen molar-refractivity contribution < 1.29 is 19.5 Å². The number of amides is 2. The summed E-state index contributed by atoms with van der Waals surface area (Å²) >= 11 is 0. The van der Waals surface area contributed by atoms with Crippen LogP contribution in [-0.2, 0) is 16.1 Å². The van der Waals surface area contributed by atoms with Crippen molar-refractivity contribution in [3.8, 4) is 0 Å². The summed E-state index contributed by atoms with van der Waals surface area (Å²) in [6.45, 7) is 4.94. The molecule has 4 atom stereocenters. The van der Waals surface area contributed by atoms with Crippen LogP contribution >= 0.6 is 0 Å². The molecule has 0 aromatic carbocycles. The van der Waals surface area contributed by atoms with E-state index in [4.69, 9.17) is 0 Å². The third-order valence-electron chi connectivity index (χ3n) is 5.60. The molecule has 3 rings (SSSR count). The fraction of sp³-hybridized carbons (Fsp3) is 0.667. The van der Waals surface area contributed by atoms with Gasteiger partial charge in [-0.15, -0.1) is 0 Å². The minimum absolute atomic E-state index is 0.0824. The number of aliphatic carboxylic acids is 1. The van der Waals surface area contributed by atoms with E-state index in [9.17, 15) is 19.5 Å². The van der Waals surface area contributed by atoms with Gasteiger partial charge in [0, 0.05) is 19.3 Å². The zero-order valence-electron chi connectivity index (χ0n) is 15.2. The summed E-state index contributed by atoms with van der Waals surface area (Å²) in [7, 11) is 0. The van der Waals surface area contributed by atoms with Crippen LogP contribution in [0.3, 0.4) is 0 Å². The summed E-state index contributed by atoms with van der Waals surface area (Å²) in [5.74, 6) is -2.53. The highest BCUT2D eigenvalue weighted by Crippen LogP contribution is 2.52. The maximum Gasteiger partial charge on any atom is 0.307 e. The number of carboxylic acid groups (broad SMARTS) is 1. The lowest BCUT2D eigenvalue weighted by atomic mass is 9.78. The van der Waals surface area contributed by atoms with Gasteiger partial charge in [-0.25, -0.2) is 0 Å². The molecule has 0 spiro atoms. The molecule has 0 radical (unpaired) electrons. The fourth-order valence-corrected chi connectivity index (χ4v) is 4.40. The second-order valence-corrected chi connectivity index (χ2v) is 7.22. The van der Waals surface area contributed by atoms with Crippen molar-refractivity contribution in [1.82, 2.24) is 15.1 Å². The summed E-state index contributed by atoms with van der Waals surface area (Å²) in [5.41, 5.74) is 0.515. The molecule has 26 heavy (non-hydrogen) atoms. The lowest BCUT2D eigenvalue weighted by Crippen LogP contribution is -2.38. The van der Waals surface area contributed by atoms with Gasteiger partial charge in [0.1, 0.15) is 0 Å². The zero-order valence-corrected chi connectivity index (χ0v) is 15.2. The Bertz CT molecular complexity index is 714. The molecule has 3 N–H and O–H groups in total. The number of carbonyl (C=O) groups excluding carboxylic acids is 2. The van der Waals surface area contributed by atoms with E-state index < -0.39 is 17.8 Å². The fourth-order valence-electron chi connectivity index (χ4n) is 4.40. The Morgan fingerprint density at radius 1 is 1.23 bits per heavy atom. The van der Waals surface area contributed by atoms with Crippen molar-refractivity contribution in [3.63, 3.8) is 0 Å². The average Bonchev–Trinajstić information content (AvgIpc) is 3.32. The van der Waals surface area contributed by atoms with E-state index in [1.165, 1.54) is 0 Å². The van der Waals surface area contributed by atoms with E-state index in [0.717, 1.165) is 25.7 Å². The van der Waals surface area contributed by atoms with Gasteiger partial charge in [-0.1, -0.05) is 6.92 Å². The highest BCUT2D eigenvalue weighted by Gasteiger charge is 2.54. The van der Waals surface area contributed by atoms with Gasteiger partial charge >= 0.3 is 5.97 Å². The lowest BCUT2D eigenvalue weighted by Gasteiger charge is -2.26. The molecule has 0 unspecified atom stereocenters. The Morgan fingerprint density at radius 2 is 1.92 bits per heavy atom. The van der Waals surface area contributed by atoms with Gasteiger partial charge in [0.2, 0.25) is 5.91 Å². The van der Waals surface area contributed by atoms with Crippen LogP contribution in [0.2, 0.25) is 0 Å². The molecule has 2 aliphatic rings. The predicted molar refractivity (Wildman–Crippen MR) is 94.6 cm³/mol. The van der Waals surface area contributed by atoms with Crippen molar-refractivity contribution in [1.29, 1.82) is 0 Å². The molecule has 1 heterocycles. The number of hydrogen-bond acceptors (Lipinski definition) is 4. The van der Waals surface area contributed by atoms with Crippen molar-refractivity contribution in [2.24, 2.45) is 23.7 Å². The first-order valence-electron chi connectivity index (χ1n) is 9.35. The maximum absolute atomic E-state index is 12.9. The van der Waals surface area contributed by atoms with Crippen LogP contribution < -0.4 is 10.6 Å². The van der Waals surface area contributed by atoms with Crippen LogP contribution in [0.25, 0.3) is 0 Å². The minimum atomic E-state index is -0.900. The second kappa shape index (κ2) is 7.47. The Labute approximate surface area is 152 Å². The molecule has 1 aromatic rings. The molecular weight excluding hydrogens is 336 g/mol. The number of nitrogens with one attached hydrogen (secondary N) is 2. The molecule has 0 aliphatic heterocycles. The zero-order chi connectivity index (χ0) is 18.8. The molecule has 2 bridgehead atoms. The number of anilines is 1. The van der Waals surface area contributed by atoms with Gasteiger partial charge in [-0.3, -0.25) is 19.1 Å². The number of carbonyl (C=O) groups is 3. The maximum atomic E-state index is 12.9. The third kappa shape index (κ3) is 3.32. The number of aromatic nitrogens is 2. The van der Waals surface area contributed by atoms with Crippen LogP contribution in [0.4, 0.5) is 5.69 Å². The third-order valence-corrected chi connectivity index (χ3v) is 5.60. The van der Waals surface area contributed by atoms with Crippen LogP contribution in [0, 0.1) is 23.7 Å². The monoisotopic (exact) mass is 362 g/mol. The van der Waals surface area contributed by atoms with E-state index >= 15 is 0 Å².